The van der Waals surface area contributed by atoms with Gasteiger partial charge in [-0.15, -0.1) is 0 Å². The molecule has 0 aliphatic carbocycles. The van der Waals surface area contributed by atoms with Crippen molar-refractivity contribution in [1.82, 2.24) is 5.32 Å². The number of esters is 1. The molecular weight excluding hydrogens is 454 g/mol. The lowest BCUT2D eigenvalue weighted by atomic mass is 9.96. The Morgan fingerprint density at radius 1 is 1.12 bits per heavy atom. The standard InChI is InChI=1S/C25H27N3O5S/c1-5-31-24(30)22-16(4)26-25(28-23(22)17-7-9-19-20(11-17)33-13-32-19)34-12-21(29)27-18-8-6-14(2)15(3)10-18/h6-11,23H,5,12-13H2,1-4H3,(H,26,28)(H,27,29)/t23-/m0/s1. The summed E-state index contributed by atoms with van der Waals surface area (Å²) in [6, 6.07) is 10.7. The molecule has 2 heterocycles. The van der Waals surface area contributed by atoms with Crippen LogP contribution >= 0.6 is 11.8 Å². The van der Waals surface area contributed by atoms with Crippen molar-refractivity contribution in [3.8, 4) is 11.5 Å². The molecule has 2 aliphatic rings. The smallest absolute Gasteiger partial charge is 0.338 e. The largest absolute Gasteiger partial charge is 0.463 e. The molecule has 0 bridgehead atoms. The summed E-state index contributed by atoms with van der Waals surface area (Å²) in [7, 11) is 0. The molecule has 2 aromatic rings. The Hall–Kier alpha value is -3.46. The first kappa shape index (κ1) is 23.7. The monoisotopic (exact) mass is 481 g/mol. The maximum Gasteiger partial charge on any atom is 0.338 e. The number of aliphatic imine (C=N–C) groups is 1. The first-order chi connectivity index (χ1) is 16.4. The van der Waals surface area contributed by atoms with E-state index in [1.165, 1.54) is 17.3 Å². The number of ether oxygens (including phenoxy) is 3. The van der Waals surface area contributed by atoms with Crippen LogP contribution in [0.1, 0.15) is 36.6 Å². The molecule has 4 rings (SSSR count). The molecule has 178 valence electrons. The highest BCUT2D eigenvalue weighted by atomic mass is 32.2. The number of amidine groups is 1. The van der Waals surface area contributed by atoms with Crippen LogP contribution in [0.4, 0.5) is 5.69 Å². The number of amides is 1. The average Bonchev–Trinajstić information content (AvgIpc) is 3.28. The maximum absolute atomic E-state index is 12.7. The molecule has 0 saturated heterocycles. The van der Waals surface area contributed by atoms with E-state index < -0.39 is 12.0 Å². The number of aryl methyl sites for hydroxylation is 2. The van der Waals surface area contributed by atoms with Crippen LogP contribution in [0.15, 0.2) is 52.7 Å². The van der Waals surface area contributed by atoms with Crippen LogP contribution in [0.25, 0.3) is 0 Å². The number of nitrogens with one attached hydrogen (secondary N) is 2. The summed E-state index contributed by atoms with van der Waals surface area (Å²) in [5.41, 5.74) is 4.86. The molecular formula is C25H27N3O5S. The van der Waals surface area contributed by atoms with Gasteiger partial charge in [0.25, 0.3) is 0 Å². The Kier molecular flexibility index (Phi) is 7.12. The van der Waals surface area contributed by atoms with Gasteiger partial charge in [-0.2, -0.15) is 0 Å². The molecule has 1 atom stereocenters. The predicted molar refractivity (Wildman–Crippen MR) is 132 cm³/mol. The molecule has 0 spiro atoms. The number of allylic oxidation sites excluding steroid dienone is 1. The number of benzene rings is 2. The van der Waals surface area contributed by atoms with Crippen LogP contribution in [0.5, 0.6) is 11.5 Å². The topological polar surface area (TPSA) is 98.2 Å². The number of hydrogen-bond donors (Lipinski definition) is 2. The van der Waals surface area contributed by atoms with Gasteiger partial charge in [0.1, 0.15) is 6.04 Å². The Balaban J connectivity index is 1.52. The highest BCUT2D eigenvalue weighted by Crippen LogP contribution is 2.39. The zero-order valence-corrected chi connectivity index (χ0v) is 20.4. The quantitative estimate of drug-likeness (QED) is 0.596. The third-order valence-electron chi connectivity index (χ3n) is 5.56. The van der Waals surface area contributed by atoms with Crippen molar-refractivity contribution in [2.45, 2.75) is 33.7 Å². The Labute approximate surface area is 202 Å². The fourth-order valence-corrected chi connectivity index (χ4v) is 4.41. The molecule has 0 fully saturated rings. The van der Waals surface area contributed by atoms with E-state index in [-0.39, 0.29) is 25.1 Å². The molecule has 0 aromatic heterocycles. The molecule has 0 unspecified atom stereocenters. The van der Waals surface area contributed by atoms with Crippen LogP contribution in [0.2, 0.25) is 0 Å². The van der Waals surface area contributed by atoms with Crippen molar-refractivity contribution in [3.63, 3.8) is 0 Å². The Morgan fingerprint density at radius 2 is 1.91 bits per heavy atom. The van der Waals surface area contributed by atoms with Crippen molar-refractivity contribution in [2.75, 3.05) is 24.5 Å². The second-order valence-corrected chi connectivity index (χ2v) is 8.93. The van der Waals surface area contributed by atoms with E-state index in [9.17, 15) is 9.59 Å². The molecule has 34 heavy (non-hydrogen) atoms. The fraction of sp³-hybridized carbons (Fsp3) is 0.320. The van der Waals surface area contributed by atoms with Gasteiger partial charge in [0.2, 0.25) is 12.7 Å². The Morgan fingerprint density at radius 3 is 2.68 bits per heavy atom. The van der Waals surface area contributed by atoms with Crippen molar-refractivity contribution in [2.24, 2.45) is 4.99 Å². The van der Waals surface area contributed by atoms with Gasteiger partial charge in [-0.3, -0.25) is 4.79 Å². The molecule has 0 radical (unpaired) electrons. The second kappa shape index (κ2) is 10.2. The molecule has 1 amide bonds. The van der Waals surface area contributed by atoms with Gasteiger partial charge in [0, 0.05) is 11.4 Å². The van der Waals surface area contributed by atoms with E-state index in [1.54, 1.807) is 19.9 Å². The second-order valence-electron chi connectivity index (χ2n) is 7.97. The zero-order chi connectivity index (χ0) is 24.2. The summed E-state index contributed by atoms with van der Waals surface area (Å²) in [6.45, 7) is 8.01. The van der Waals surface area contributed by atoms with Crippen LogP contribution in [-0.2, 0) is 14.3 Å². The lowest BCUT2D eigenvalue weighted by Gasteiger charge is -2.25. The van der Waals surface area contributed by atoms with Gasteiger partial charge in [0.15, 0.2) is 16.7 Å². The summed E-state index contributed by atoms with van der Waals surface area (Å²) in [5, 5.41) is 6.61. The number of rotatable bonds is 6. The third kappa shape index (κ3) is 5.20. The van der Waals surface area contributed by atoms with Gasteiger partial charge in [-0.25, -0.2) is 9.79 Å². The fourth-order valence-electron chi connectivity index (χ4n) is 3.67. The van der Waals surface area contributed by atoms with E-state index in [2.05, 4.69) is 10.6 Å². The third-order valence-corrected chi connectivity index (χ3v) is 6.44. The average molecular weight is 482 g/mol. The highest BCUT2D eigenvalue weighted by molar-refractivity contribution is 8.14. The first-order valence-electron chi connectivity index (χ1n) is 11.0. The van der Waals surface area contributed by atoms with Crippen LogP contribution < -0.4 is 20.1 Å². The molecule has 0 saturated carbocycles. The lowest BCUT2D eigenvalue weighted by Crippen LogP contribution is -2.31. The molecule has 9 heteroatoms. The number of anilines is 1. The van der Waals surface area contributed by atoms with Crippen molar-refractivity contribution < 1.29 is 23.8 Å². The summed E-state index contributed by atoms with van der Waals surface area (Å²) < 4.78 is 16.2. The Bertz CT molecular complexity index is 1190. The van der Waals surface area contributed by atoms with Gasteiger partial charge in [-0.05, 0) is 68.7 Å². The number of hydrogen-bond acceptors (Lipinski definition) is 8. The van der Waals surface area contributed by atoms with E-state index in [4.69, 9.17) is 19.2 Å². The zero-order valence-electron chi connectivity index (χ0n) is 19.6. The van der Waals surface area contributed by atoms with Gasteiger partial charge < -0.3 is 24.8 Å². The van der Waals surface area contributed by atoms with Crippen LogP contribution in [0, 0.1) is 13.8 Å². The molecule has 2 N–H and O–H groups in total. The first-order valence-corrected chi connectivity index (χ1v) is 12.0. The number of thioether (sulfide) groups is 1. The predicted octanol–water partition coefficient (Wildman–Crippen LogP) is 4.24. The number of fused-ring (bicyclic) bond motifs is 1. The molecule has 8 nitrogen and oxygen atoms in total. The molecule has 2 aromatic carbocycles. The van der Waals surface area contributed by atoms with Crippen molar-refractivity contribution >= 4 is 34.5 Å². The van der Waals surface area contributed by atoms with Crippen LogP contribution in [0.3, 0.4) is 0 Å². The number of carbonyl (C=O) groups excluding carboxylic acids is 2. The highest BCUT2D eigenvalue weighted by Gasteiger charge is 2.31. The van der Waals surface area contributed by atoms with Crippen molar-refractivity contribution in [3.05, 3.63) is 64.4 Å². The normalized spacial score (nSPS) is 16.6. The lowest BCUT2D eigenvalue weighted by molar-refractivity contribution is -0.139. The minimum absolute atomic E-state index is 0.143. The van der Waals surface area contributed by atoms with E-state index >= 15 is 0 Å². The summed E-state index contributed by atoms with van der Waals surface area (Å²) >= 11 is 1.27. The van der Waals surface area contributed by atoms with Crippen molar-refractivity contribution in [1.29, 1.82) is 0 Å². The summed E-state index contributed by atoms with van der Waals surface area (Å²) in [5.74, 6) is 0.839. The van der Waals surface area contributed by atoms with Gasteiger partial charge in [-0.1, -0.05) is 23.9 Å². The molecule has 2 aliphatic heterocycles. The van der Waals surface area contributed by atoms with E-state index in [0.29, 0.717) is 27.9 Å². The van der Waals surface area contributed by atoms with Crippen LogP contribution in [-0.4, -0.2) is 36.2 Å². The number of carbonyl (C=O) groups is 2. The summed E-state index contributed by atoms with van der Waals surface area (Å²) in [4.78, 5) is 30.0. The van der Waals surface area contributed by atoms with Gasteiger partial charge in [0.05, 0.1) is 17.9 Å². The minimum atomic E-state index is -0.597. The van der Waals surface area contributed by atoms with E-state index in [1.807, 2.05) is 44.2 Å². The summed E-state index contributed by atoms with van der Waals surface area (Å²) in [6.07, 6.45) is 0. The van der Waals surface area contributed by atoms with Gasteiger partial charge >= 0.3 is 5.97 Å². The van der Waals surface area contributed by atoms with E-state index in [0.717, 1.165) is 16.8 Å². The SMILES string of the molecule is CCOC(=O)C1=C(C)NC(SCC(=O)Nc2ccc(C)c(C)c2)=N[C@H]1c1ccc2c(c1)OCO2. The number of nitrogens with zero attached hydrogens (tertiary/aromatic N) is 1. The maximum atomic E-state index is 12.7. The minimum Gasteiger partial charge on any atom is -0.463 e.